The predicted molar refractivity (Wildman–Crippen MR) is 69.7 cm³/mol. The average molecular weight is 250 g/mol. The van der Waals surface area contributed by atoms with Crippen LogP contribution < -0.4 is 10.9 Å². The minimum absolute atomic E-state index is 0.00872. The molecular weight excluding hydrogens is 232 g/mol. The second kappa shape index (κ2) is 8.21. The van der Waals surface area contributed by atoms with Crippen molar-refractivity contribution in [1.29, 1.82) is 0 Å². The minimum Gasteiger partial charge on any atom is -0.395 e. The van der Waals surface area contributed by atoms with E-state index in [0.29, 0.717) is 18.9 Å². The number of hydrogen-bond acceptors (Lipinski definition) is 5. The van der Waals surface area contributed by atoms with Crippen LogP contribution in [0.15, 0.2) is 37.1 Å². The molecule has 6 nitrogen and oxygen atoms in total. The van der Waals surface area contributed by atoms with E-state index >= 15 is 0 Å². The highest BCUT2D eigenvalue weighted by Gasteiger charge is 2.08. The Balaban J connectivity index is 2.33. The number of nitrogens with zero attached hydrogens (tertiary/aromatic N) is 2. The van der Waals surface area contributed by atoms with Crippen LogP contribution in [0.5, 0.6) is 0 Å². The zero-order valence-corrected chi connectivity index (χ0v) is 10.2. The molecule has 18 heavy (non-hydrogen) atoms. The molecule has 3 N–H and O–H groups in total. The van der Waals surface area contributed by atoms with Gasteiger partial charge < -0.3 is 5.11 Å². The van der Waals surface area contributed by atoms with Crippen LogP contribution in [0.3, 0.4) is 0 Å². The van der Waals surface area contributed by atoms with Crippen molar-refractivity contribution in [2.24, 2.45) is 0 Å². The first-order valence-electron chi connectivity index (χ1n) is 5.66. The summed E-state index contributed by atoms with van der Waals surface area (Å²) >= 11 is 0. The lowest BCUT2D eigenvalue weighted by Crippen LogP contribution is -2.41. The number of hydrazine groups is 1. The van der Waals surface area contributed by atoms with Gasteiger partial charge in [-0.1, -0.05) is 12.1 Å². The van der Waals surface area contributed by atoms with Gasteiger partial charge in [0.2, 0.25) is 0 Å². The van der Waals surface area contributed by atoms with E-state index in [9.17, 15) is 4.79 Å². The Morgan fingerprint density at radius 2 is 2.39 bits per heavy atom. The molecule has 0 radical (unpaired) electrons. The number of anilines is 1. The topological polar surface area (TPSA) is 77.5 Å². The molecule has 0 aliphatic heterocycles. The van der Waals surface area contributed by atoms with Gasteiger partial charge in [0.15, 0.2) is 0 Å². The van der Waals surface area contributed by atoms with Gasteiger partial charge in [0.05, 0.1) is 13.2 Å². The van der Waals surface area contributed by atoms with Crippen molar-refractivity contribution in [3.8, 4) is 0 Å². The number of aliphatic hydroxyl groups is 1. The van der Waals surface area contributed by atoms with E-state index in [1.54, 1.807) is 29.3 Å². The summed E-state index contributed by atoms with van der Waals surface area (Å²) in [5.41, 5.74) is 5.25. The molecule has 0 aliphatic carbocycles. The monoisotopic (exact) mass is 250 g/mol. The summed E-state index contributed by atoms with van der Waals surface area (Å²) in [5.74, 6) is 0.374. The molecule has 0 spiro atoms. The lowest BCUT2D eigenvalue weighted by molar-refractivity contribution is -0.121. The van der Waals surface area contributed by atoms with Gasteiger partial charge in [-0.2, -0.15) is 0 Å². The first-order chi connectivity index (χ1) is 8.76. The number of carbonyl (C=O) groups excluding carboxylic acids is 1. The maximum atomic E-state index is 11.6. The molecule has 6 heteroatoms. The van der Waals surface area contributed by atoms with Crippen molar-refractivity contribution in [3.63, 3.8) is 0 Å². The predicted octanol–water partition coefficient (Wildman–Crippen LogP) is 0.00500. The summed E-state index contributed by atoms with van der Waals surface area (Å²) in [4.78, 5) is 17.4. The van der Waals surface area contributed by atoms with Gasteiger partial charge in [0, 0.05) is 19.3 Å². The Labute approximate surface area is 106 Å². The first kappa shape index (κ1) is 14.1. The van der Waals surface area contributed by atoms with Crippen molar-refractivity contribution < 1.29 is 9.90 Å². The number of aromatic nitrogens is 1. The summed E-state index contributed by atoms with van der Waals surface area (Å²) in [6.45, 7) is 4.79. The molecule has 0 atom stereocenters. The summed E-state index contributed by atoms with van der Waals surface area (Å²) in [6, 6.07) is 5.35. The number of hydrogen-bond donors (Lipinski definition) is 3. The number of carbonyl (C=O) groups is 1. The van der Waals surface area contributed by atoms with Gasteiger partial charge in [-0.15, -0.1) is 6.58 Å². The van der Waals surface area contributed by atoms with Crippen LogP contribution in [-0.2, 0) is 4.79 Å². The minimum atomic E-state index is -0.198. The summed E-state index contributed by atoms with van der Waals surface area (Å²) < 4.78 is 0. The second-order valence-corrected chi connectivity index (χ2v) is 3.64. The van der Waals surface area contributed by atoms with Gasteiger partial charge in [-0.3, -0.25) is 20.5 Å². The molecule has 0 saturated heterocycles. The largest absolute Gasteiger partial charge is 0.395 e. The van der Waals surface area contributed by atoms with E-state index in [4.69, 9.17) is 5.11 Å². The molecule has 1 rings (SSSR count). The van der Waals surface area contributed by atoms with Crippen LogP contribution in [0.1, 0.15) is 0 Å². The highest BCUT2D eigenvalue weighted by molar-refractivity contribution is 5.79. The highest BCUT2D eigenvalue weighted by atomic mass is 16.3. The van der Waals surface area contributed by atoms with Crippen LogP contribution in [-0.4, -0.2) is 47.1 Å². The van der Waals surface area contributed by atoms with Gasteiger partial charge in [0.25, 0.3) is 5.91 Å². The molecular formula is C12H18N4O2. The number of rotatable bonds is 8. The van der Waals surface area contributed by atoms with Gasteiger partial charge in [-0.25, -0.2) is 4.98 Å². The normalized spacial score (nSPS) is 10.1. The van der Waals surface area contributed by atoms with E-state index < -0.39 is 0 Å². The molecule has 1 aromatic rings. The van der Waals surface area contributed by atoms with Crippen molar-refractivity contribution in [1.82, 2.24) is 15.3 Å². The number of aliphatic hydroxyl groups excluding tert-OH is 1. The van der Waals surface area contributed by atoms with Gasteiger partial charge in [0.1, 0.15) is 5.82 Å². The zero-order valence-electron chi connectivity index (χ0n) is 10.2. The molecule has 0 bridgehead atoms. The fourth-order valence-electron chi connectivity index (χ4n) is 1.37. The van der Waals surface area contributed by atoms with Crippen molar-refractivity contribution in [3.05, 3.63) is 37.1 Å². The Morgan fingerprint density at radius 1 is 1.56 bits per heavy atom. The Hall–Kier alpha value is -1.92. The maximum Gasteiger partial charge on any atom is 0.252 e. The molecule has 98 valence electrons. The van der Waals surface area contributed by atoms with Crippen molar-refractivity contribution >= 4 is 11.7 Å². The zero-order chi connectivity index (χ0) is 13.2. The molecule has 0 saturated carbocycles. The van der Waals surface area contributed by atoms with E-state index in [1.165, 1.54) is 0 Å². The summed E-state index contributed by atoms with van der Waals surface area (Å²) in [6.07, 6.45) is 3.32. The van der Waals surface area contributed by atoms with E-state index in [0.717, 1.165) is 0 Å². The molecule has 1 heterocycles. The molecule has 1 amide bonds. The number of amides is 1. The lowest BCUT2D eigenvalue weighted by Gasteiger charge is -2.18. The lowest BCUT2D eigenvalue weighted by atomic mass is 10.4. The maximum absolute atomic E-state index is 11.6. The molecule has 0 fully saturated rings. The standard InChI is InChI=1S/C12H18N4O2/c1-2-7-16(8-9-17)10-12(18)15-14-11-5-3-4-6-13-11/h2-6,17H,1,7-10H2,(H,13,14)(H,15,18). The fourth-order valence-corrected chi connectivity index (χ4v) is 1.37. The Bertz CT molecular complexity index is 370. The van der Waals surface area contributed by atoms with Gasteiger partial charge in [-0.05, 0) is 12.1 Å². The van der Waals surface area contributed by atoms with Crippen molar-refractivity contribution in [2.75, 3.05) is 31.7 Å². The van der Waals surface area contributed by atoms with Crippen LogP contribution in [0.2, 0.25) is 0 Å². The third-order valence-corrected chi connectivity index (χ3v) is 2.17. The van der Waals surface area contributed by atoms with Crippen LogP contribution >= 0.6 is 0 Å². The van der Waals surface area contributed by atoms with Crippen molar-refractivity contribution in [2.45, 2.75) is 0 Å². The number of nitrogens with one attached hydrogen (secondary N) is 2. The molecule has 0 unspecified atom stereocenters. The summed E-state index contributed by atoms with van der Waals surface area (Å²) in [5, 5.41) is 8.85. The van der Waals surface area contributed by atoms with E-state index in [2.05, 4.69) is 22.4 Å². The molecule has 0 aliphatic rings. The van der Waals surface area contributed by atoms with E-state index in [-0.39, 0.29) is 19.1 Å². The second-order valence-electron chi connectivity index (χ2n) is 3.64. The van der Waals surface area contributed by atoms with E-state index in [1.807, 2.05) is 6.07 Å². The van der Waals surface area contributed by atoms with Crippen LogP contribution in [0, 0.1) is 0 Å². The fraction of sp³-hybridized carbons (Fsp3) is 0.333. The Kier molecular flexibility index (Phi) is 6.45. The third-order valence-electron chi connectivity index (χ3n) is 2.17. The first-order valence-corrected chi connectivity index (χ1v) is 5.66. The molecule has 0 aromatic carbocycles. The van der Waals surface area contributed by atoms with Crippen LogP contribution in [0.25, 0.3) is 0 Å². The summed E-state index contributed by atoms with van der Waals surface area (Å²) in [7, 11) is 0. The Morgan fingerprint density at radius 3 is 3.00 bits per heavy atom. The third kappa shape index (κ3) is 5.42. The number of pyridine rings is 1. The quantitative estimate of drug-likeness (QED) is 0.447. The highest BCUT2D eigenvalue weighted by Crippen LogP contribution is 1.96. The van der Waals surface area contributed by atoms with Crippen LogP contribution in [0.4, 0.5) is 5.82 Å². The van der Waals surface area contributed by atoms with Gasteiger partial charge >= 0.3 is 0 Å². The molecule has 1 aromatic heterocycles. The smallest absolute Gasteiger partial charge is 0.252 e. The SMILES string of the molecule is C=CCN(CCO)CC(=O)NNc1ccccn1. The average Bonchev–Trinajstić information content (AvgIpc) is 2.38.